The Bertz CT molecular complexity index is 646. The quantitative estimate of drug-likeness (QED) is 0.850. The molecule has 1 fully saturated rings. The number of nitrogens with zero attached hydrogens (tertiary/aromatic N) is 6. The van der Waals surface area contributed by atoms with Gasteiger partial charge in [0.1, 0.15) is 18.8 Å². The summed E-state index contributed by atoms with van der Waals surface area (Å²) in [5, 5.41) is 8.06. The van der Waals surface area contributed by atoms with E-state index in [-0.39, 0.29) is 11.9 Å². The van der Waals surface area contributed by atoms with Gasteiger partial charge in [0.15, 0.2) is 17.5 Å². The van der Waals surface area contributed by atoms with Gasteiger partial charge in [-0.1, -0.05) is 6.92 Å². The Kier molecular flexibility index (Phi) is 4.28. The van der Waals surface area contributed by atoms with Gasteiger partial charge in [-0.2, -0.15) is 0 Å². The minimum atomic E-state index is -0.345. The number of halogens is 1. The van der Waals surface area contributed by atoms with Crippen LogP contribution in [0.5, 0.6) is 0 Å². The number of hydrogen-bond donors (Lipinski definition) is 0. The van der Waals surface area contributed by atoms with E-state index in [0.717, 1.165) is 12.4 Å². The van der Waals surface area contributed by atoms with Gasteiger partial charge >= 0.3 is 0 Å². The summed E-state index contributed by atoms with van der Waals surface area (Å²) in [5.41, 5.74) is 0.435. The number of aryl methyl sites for hydroxylation is 2. The van der Waals surface area contributed by atoms with Crippen molar-refractivity contribution in [3.05, 3.63) is 30.0 Å². The third-order valence-corrected chi connectivity index (χ3v) is 3.82. The summed E-state index contributed by atoms with van der Waals surface area (Å²) in [6.07, 6.45) is 3.39. The average molecular weight is 306 g/mol. The molecule has 1 aliphatic heterocycles. The molecule has 22 heavy (non-hydrogen) atoms. The number of aromatic nitrogens is 5. The monoisotopic (exact) mass is 306 g/mol. The summed E-state index contributed by atoms with van der Waals surface area (Å²) in [5.74, 6) is 0.753. The number of morpholine rings is 1. The molecule has 0 saturated carbocycles. The van der Waals surface area contributed by atoms with Crippen molar-refractivity contribution in [2.75, 3.05) is 24.6 Å². The average Bonchev–Trinajstić information content (AvgIpc) is 3.04. The molecule has 1 aliphatic rings. The van der Waals surface area contributed by atoms with Crippen LogP contribution in [-0.4, -0.2) is 44.4 Å². The second kappa shape index (κ2) is 6.35. The minimum Gasteiger partial charge on any atom is -0.366 e. The maximum Gasteiger partial charge on any atom is 0.187 e. The fourth-order valence-electron chi connectivity index (χ4n) is 2.62. The largest absolute Gasteiger partial charge is 0.366 e. The standard InChI is InChI=1S/C14H19FN6O/c1-3-10-12(15)14(17-8-16-10)21-5-6-22-11(7-21)13-19-18-9-20(13)4-2/h8-9,11H,3-7H2,1-2H3/t11-/m1/s1. The first-order valence-electron chi connectivity index (χ1n) is 7.48. The summed E-state index contributed by atoms with van der Waals surface area (Å²) in [6.45, 7) is 6.24. The van der Waals surface area contributed by atoms with E-state index in [0.29, 0.717) is 37.6 Å². The van der Waals surface area contributed by atoms with E-state index in [1.165, 1.54) is 6.33 Å². The predicted molar refractivity (Wildman–Crippen MR) is 78.0 cm³/mol. The van der Waals surface area contributed by atoms with Crippen LogP contribution in [0.4, 0.5) is 10.2 Å². The molecule has 0 N–H and O–H groups in total. The fourth-order valence-corrected chi connectivity index (χ4v) is 2.62. The van der Waals surface area contributed by atoms with Gasteiger partial charge in [0.2, 0.25) is 0 Å². The summed E-state index contributed by atoms with van der Waals surface area (Å²) in [7, 11) is 0. The Morgan fingerprint density at radius 3 is 3.00 bits per heavy atom. The zero-order valence-electron chi connectivity index (χ0n) is 12.7. The van der Waals surface area contributed by atoms with Crippen LogP contribution >= 0.6 is 0 Å². The van der Waals surface area contributed by atoms with Gasteiger partial charge in [-0.15, -0.1) is 10.2 Å². The first-order valence-corrected chi connectivity index (χ1v) is 7.48. The molecule has 0 bridgehead atoms. The van der Waals surface area contributed by atoms with Gasteiger partial charge in [-0.3, -0.25) is 0 Å². The number of ether oxygens (including phenoxy) is 1. The van der Waals surface area contributed by atoms with Gasteiger partial charge in [0.25, 0.3) is 0 Å². The molecule has 7 nitrogen and oxygen atoms in total. The maximum atomic E-state index is 14.4. The fraction of sp³-hybridized carbons (Fsp3) is 0.571. The summed E-state index contributed by atoms with van der Waals surface area (Å²) < 4.78 is 22.1. The SMILES string of the molecule is CCc1ncnc(N2CCO[C@@H](c3nncn3CC)C2)c1F. The number of rotatable bonds is 4. The molecule has 0 spiro atoms. The van der Waals surface area contributed by atoms with Crippen LogP contribution in [0.25, 0.3) is 0 Å². The zero-order valence-corrected chi connectivity index (χ0v) is 12.7. The van der Waals surface area contributed by atoms with Gasteiger partial charge in [0.05, 0.1) is 18.8 Å². The lowest BCUT2D eigenvalue weighted by atomic mass is 10.2. The molecule has 3 rings (SSSR count). The topological polar surface area (TPSA) is 69.0 Å². The molecular weight excluding hydrogens is 287 g/mol. The first kappa shape index (κ1) is 14.8. The van der Waals surface area contributed by atoms with Crippen molar-refractivity contribution in [1.82, 2.24) is 24.7 Å². The third kappa shape index (κ3) is 2.66. The van der Waals surface area contributed by atoms with Crippen LogP contribution in [0.2, 0.25) is 0 Å². The van der Waals surface area contributed by atoms with Gasteiger partial charge in [0, 0.05) is 13.1 Å². The highest BCUT2D eigenvalue weighted by atomic mass is 19.1. The van der Waals surface area contributed by atoms with Gasteiger partial charge in [-0.25, -0.2) is 14.4 Å². The molecule has 0 radical (unpaired) electrons. The Hall–Kier alpha value is -2.09. The minimum absolute atomic E-state index is 0.240. The smallest absolute Gasteiger partial charge is 0.187 e. The van der Waals surface area contributed by atoms with Crippen molar-refractivity contribution in [2.24, 2.45) is 0 Å². The molecule has 1 saturated heterocycles. The van der Waals surface area contributed by atoms with Gasteiger partial charge in [-0.05, 0) is 13.3 Å². The van der Waals surface area contributed by atoms with Crippen molar-refractivity contribution >= 4 is 5.82 Å². The second-order valence-corrected chi connectivity index (χ2v) is 5.09. The Labute approximate surface area is 128 Å². The van der Waals surface area contributed by atoms with Crippen LogP contribution in [-0.2, 0) is 17.7 Å². The molecule has 0 aliphatic carbocycles. The van der Waals surface area contributed by atoms with Crippen molar-refractivity contribution in [2.45, 2.75) is 32.9 Å². The first-order chi connectivity index (χ1) is 10.7. The van der Waals surface area contributed by atoms with Crippen LogP contribution in [0.15, 0.2) is 12.7 Å². The summed E-state index contributed by atoms with van der Waals surface area (Å²) >= 11 is 0. The molecule has 2 aromatic rings. The molecule has 0 aromatic carbocycles. The Balaban J connectivity index is 1.84. The van der Waals surface area contributed by atoms with Crippen molar-refractivity contribution in [3.8, 4) is 0 Å². The van der Waals surface area contributed by atoms with E-state index in [1.807, 2.05) is 23.3 Å². The lowest BCUT2D eigenvalue weighted by molar-refractivity contribution is 0.0311. The zero-order chi connectivity index (χ0) is 15.5. The molecule has 0 amide bonds. The highest BCUT2D eigenvalue weighted by Gasteiger charge is 2.28. The lowest BCUT2D eigenvalue weighted by Gasteiger charge is -2.33. The third-order valence-electron chi connectivity index (χ3n) is 3.82. The van der Waals surface area contributed by atoms with E-state index in [4.69, 9.17) is 4.74 Å². The van der Waals surface area contributed by atoms with Crippen molar-refractivity contribution < 1.29 is 9.13 Å². The molecule has 118 valence electrons. The van der Waals surface area contributed by atoms with E-state index < -0.39 is 0 Å². The lowest BCUT2D eigenvalue weighted by Crippen LogP contribution is -2.40. The Morgan fingerprint density at radius 2 is 2.23 bits per heavy atom. The molecular formula is C14H19FN6O. The number of hydrogen-bond acceptors (Lipinski definition) is 6. The number of anilines is 1. The molecule has 2 aromatic heterocycles. The van der Waals surface area contributed by atoms with Crippen LogP contribution in [0.1, 0.15) is 31.5 Å². The van der Waals surface area contributed by atoms with E-state index in [2.05, 4.69) is 20.2 Å². The highest BCUT2D eigenvalue weighted by Crippen LogP contribution is 2.26. The van der Waals surface area contributed by atoms with Crippen LogP contribution in [0, 0.1) is 5.82 Å². The van der Waals surface area contributed by atoms with Crippen LogP contribution in [0.3, 0.4) is 0 Å². The Morgan fingerprint density at radius 1 is 1.36 bits per heavy atom. The maximum absolute atomic E-state index is 14.4. The molecule has 1 atom stereocenters. The predicted octanol–water partition coefficient (Wildman–Crippen LogP) is 1.37. The summed E-state index contributed by atoms with van der Waals surface area (Å²) in [6, 6.07) is 0. The second-order valence-electron chi connectivity index (χ2n) is 5.09. The van der Waals surface area contributed by atoms with Crippen LogP contribution < -0.4 is 4.90 Å². The van der Waals surface area contributed by atoms with E-state index >= 15 is 0 Å². The molecule has 8 heteroatoms. The molecule has 3 heterocycles. The molecule has 0 unspecified atom stereocenters. The van der Waals surface area contributed by atoms with Crippen molar-refractivity contribution in [1.29, 1.82) is 0 Å². The van der Waals surface area contributed by atoms with E-state index in [9.17, 15) is 4.39 Å². The van der Waals surface area contributed by atoms with E-state index in [1.54, 1.807) is 6.33 Å². The van der Waals surface area contributed by atoms with Gasteiger partial charge < -0.3 is 14.2 Å². The normalized spacial score (nSPS) is 18.7. The van der Waals surface area contributed by atoms with Crippen molar-refractivity contribution in [3.63, 3.8) is 0 Å². The highest BCUT2D eigenvalue weighted by molar-refractivity contribution is 5.41. The summed E-state index contributed by atoms with van der Waals surface area (Å²) in [4.78, 5) is 9.98.